The molecule has 116 valence electrons. The molecule has 0 saturated carbocycles. The number of carbonyl (C=O) groups is 1. The minimum atomic E-state index is -0.341. The lowest BCUT2D eigenvalue weighted by molar-refractivity contribution is -0.0168. The maximum absolute atomic E-state index is 11.8. The zero-order chi connectivity index (χ0) is 15.6. The number of hydrogen-bond donors (Lipinski definition) is 0. The number of nitrogens with zero attached hydrogens (tertiary/aromatic N) is 2. The van der Waals surface area contributed by atoms with Crippen molar-refractivity contribution in [2.24, 2.45) is 0 Å². The van der Waals surface area contributed by atoms with E-state index >= 15 is 0 Å². The van der Waals surface area contributed by atoms with Gasteiger partial charge in [0.2, 0.25) is 0 Å². The van der Waals surface area contributed by atoms with E-state index in [4.69, 9.17) is 9.47 Å². The Morgan fingerprint density at radius 3 is 2.71 bits per heavy atom. The van der Waals surface area contributed by atoms with E-state index in [0.717, 1.165) is 5.56 Å². The average Bonchev–Trinajstić information content (AvgIpc) is 2.45. The highest BCUT2D eigenvalue weighted by atomic mass is 16.6. The molecule has 5 heteroatoms. The highest BCUT2D eigenvalue weighted by Crippen LogP contribution is 2.34. The van der Waals surface area contributed by atoms with Crippen LogP contribution in [0.2, 0.25) is 0 Å². The van der Waals surface area contributed by atoms with Crippen molar-refractivity contribution in [2.75, 3.05) is 27.7 Å². The van der Waals surface area contributed by atoms with E-state index in [2.05, 4.69) is 11.8 Å². The molecule has 1 aromatic carbocycles. The number of benzene rings is 1. The lowest BCUT2D eigenvalue weighted by Crippen LogP contribution is -2.35. The molecule has 0 aliphatic carbocycles. The number of fused-ring (bicyclic) bond motifs is 1. The van der Waals surface area contributed by atoms with Gasteiger partial charge in [0.15, 0.2) is 0 Å². The maximum Gasteiger partial charge on any atom is 0.414 e. The standard InChI is InChI=1S/C16H24N2O3/c1-6-18(5)16(19)21-13-7-8-14-12(9-13)10-20-11(2)15(14)17(3)4/h7-9,11,15H,6,10H2,1-5H3/t11-,15+/m0/s1. The van der Waals surface area contributed by atoms with Gasteiger partial charge >= 0.3 is 6.09 Å². The third-order valence-electron chi connectivity index (χ3n) is 3.93. The van der Waals surface area contributed by atoms with Gasteiger partial charge < -0.3 is 19.3 Å². The fourth-order valence-electron chi connectivity index (χ4n) is 2.63. The molecule has 0 fully saturated rings. The maximum atomic E-state index is 11.8. The van der Waals surface area contributed by atoms with Crippen LogP contribution in [-0.4, -0.2) is 49.7 Å². The summed E-state index contributed by atoms with van der Waals surface area (Å²) in [6.07, 6.45) is -0.196. The molecule has 2 rings (SSSR count). The zero-order valence-corrected chi connectivity index (χ0v) is 13.4. The Morgan fingerprint density at radius 1 is 1.38 bits per heavy atom. The first-order chi connectivity index (χ1) is 9.93. The van der Waals surface area contributed by atoms with Crippen LogP contribution in [0.5, 0.6) is 5.75 Å². The molecule has 0 saturated heterocycles. The Morgan fingerprint density at radius 2 is 2.10 bits per heavy atom. The second-order valence-electron chi connectivity index (χ2n) is 5.67. The van der Waals surface area contributed by atoms with Crippen molar-refractivity contribution in [1.82, 2.24) is 9.80 Å². The van der Waals surface area contributed by atoms with Crippen LogP contribution in [0.25, 0.3) is 0 Å². The topological polar surface area (TPSA) is 42.0 Å². The fourth-order valence-corrected chi connectivity index (χ4v) is 2.63. The van der Waals surface area contributed by atoms with Gasteiger partial charge in [-0.1, -0.05) is 6.07 Å². The van der Waals surface area contributed by atoms with Crippen molar-refractivity contribution >= 4 is 6.09 Å². The molecule has 0 aromatic heterocycles. The molecule has 21 heavy (non-hydrogen) atoms. The summed E-state index contributed by atoms with van der Waals surface area (Å²) in [7, 11) is 5.81. The summed E-state index contributed by atoms with van der Waals surface area (Å²) < 4.78 is 11.2. The third kappa shape index (κ3) is 3.36. The van der Waals surface area contributed by atoms with Crippen LogP contribution in [0.15, 0.2) is 18.2 Å². The molecule has 1 aliphatic rings. The van der Waals surface area contributed by atoms with Crippen LogP contribution >= 0.6 is 0 Å². The Labute approximate surface area is 126 Å². The molecule has 1 aromatic rings. The van der Waals surface area contributed by atoms with Crippen LogP contribution in [0.1, 0.15) is 31.0 Å². The van der Waals surface area contributed by atoms with Crippen LogP contribution in [-0.2, 0) is 11.3 Å². The first kappa shape index (κ1) is 15.8. The summed E-state index contributed by atoms with van der Waals surface area (Å²) >= 11 is 0. The van der Waals surface area contributed by atoms with Gasteiger partial charge in [-0.15, -0.1) is 0 Å². The average molecular weight is 292 g/mol. The van der Waals surface area contributed by atoms with Gasteiger partial charge in [0.1, 0.15) is 5.75 Å². The minimum absolute atomic E-state index is 0.145. The molecule has 5 nitrogen and oxygen atoms in total. The Bertz CT molecular complexity index is 516. The molecule has 2 atom stereocenters. The lowest BCUT2D eigenvalue weighted by Gasteiger charge is -2.36. The first-order valence-electron chi connectivity index (χ1n) is 7.27. The van der Waals surface area contributed by atoms with Crippen molar-refractivity contribution in [3.63, 3.8) is 0 Å². The van der Waals surface area contributed by atoms with Crippen molar-refractivity contribution in [1.29, 1.82) is 0 Å². The Balaban J connectivity index is 2.22. The molecule has 0 N–H and O–H groups in total. The lowest BCUT2D eigenvalue weighted by atomic mass is 9.93. The third-order valence-corrected chi connectivity index (χ3v) is 3.93. The van der Waals surface area contributed by atoms with E-state index in [1.54, 1.807) is 7.05 Å². The summed E-state index contributed by atoms with van der Waals surface area (Å²) in [6, 6.07) is 6.01. The summed E-state index contributed by atoms with van der Waals surface area (Å²) in [5, 5.41) is 0. The van der Waals surface area contributed by atoms with Crippen LogP contribution in [0, 0.1) is 0 Å². The van der Waals surface area contributed by atoms with Gasteiger partial charge in [-0.3, -0.25) is 0 Å². The molecular weight excluding hydrogens is 268 g/mol. The summed E-state index contributed by atoms with van der Waals surface area (Å²) in [6.45, 7) is 5.16. The van der Waals surface area contributed by atoms with Gasteiger partial charge in [-0.2, -0.15) is 0 Å². The number of ether oxygens (including phenoxy) is 2. The molecular formula is C16H24N2O3. The summed E-state index contributed by atoms with van der Waals surface area (Å²) in [5.74, 6) is 0.565. The van der Waals surface area contributed by atoms with Crippen molar-refractivity contribution in [3.05, 3.63) is 29.3 Å². The monoisotopic (exact) mass is 292 g/mol. The summed E-state index contributed by atoms with van der Waals surface area (Å²) in [4.78, 5) is 15.5. The Hall–Kier alpha value is -1.59. The van der Waals surface area contributed by atoms with E-state index in [-0.39, 0.29) is 18.2 Å². The van der Waals surface area contributed by atoms with Crippen molar-refractivity contribution in [3.8, 4) is 5.75 Å². The molecule has 1 amide bonds. The zero-order valence-electron chi connectivity index (χ0n) is 13.4. The smallest absolute Gasteiger partial charge is 0.410 e. The van der Waals surface area contributed by atoms with Gasteiger partial charge in [-0.05, 0) is 51.2 Å². The summed E-state index contributed by atoms with van der Waals surface area (Å²) in [5.41, 5.74) is 2.32. The Kier molecular flexibility index (Phi) is 4.85. The van der Waals surface area contributed by atoms with Gasteiger partial charge in [0, 0.05) is 13.6 Å². The van der Waals surface area contributed by atoms with Crippen LogP contribution in [0.3, 0.4) is 0 Å². The van der Waals surface area contributed by atoms with E-state index in [1.807, 2.05) is 39.2 Å². The number of hydrogen-bond acceptors (Lipinski definition) is 4. The number of carbonyl (C=O) groups excluding carboxylic acids is 1. The second-order valence-corrected chi connectivity index (χ2v) is 5.67. The molecule has 0 radical (unpaired) electrons. The van der Waals surface area contributed by atoms with Gasteiger partial charge in [-0.25, -0.2) is 4.79 Å². The molecule has 1 heterocycles. The van der Waals surface area contributed by atoms with Gasteiger partial charge in [0.05, 0.1) is 18.8 Å². The highest BCUT2D eigenvalue weighted by Gasteiger charge is 2.29. The fraction of sp³-hybridized carbons (Fsp3) is 0.562. The number of amides is 1. The van der Waals surface area contributed by atoms with Crippen LogP contribution in [0.4, 0.5) is 4.79 Å². The number of likely N-dealkylation sites (N-methyl/N-ethyl adjacent to an activating group) is 1. The molecule has 0 spiro atoms. The quantitative estimate of drug-likeness (QED) is 0.859. The van der Waals surface area contributed by atoms with E-state index < -0.39 is 0 Å². The molecule has 1 aliphatic heterocycles. The predicted molar refractivity (Wildman–Crippen MR) is 81.4 cm³/mol. The second kappa shape index (κ2) is 6.45. The predicted octanol–water partition coefficient (Wildman–Crippen LogP) is 2.66. The minimum Gasteiger partial charge on any atom is -0.410 e. The van der Waals surface area contributed by atoms with Gasteiger partial charge in [0.25, 0.3) is 0 Å². The van der Waals surface area contributed by atoms with E-state index in [1.165, 1.54) is 10.5 Å². The van der Waals surface area contributed by atoms with E-state index in [0.29, 0.717) is 18.9 Å². The van der Waals surface area contributed by atoms with E-state index in [9.17, 15) is 4.79 Å². The largest absolute Gasteiger partial charge is 0.414 e. The normalized spacial score (nSPS) is 21.0. The van der Waals surface area contributed by atoms with Crippen molar-refractivity contribution in [2.45, 2.75) is 32.6 Å². The highest BCUT2D eigenvalue weighted by molar-refractivity contribution is 5.70. The van der Waals surface area contributed by atoms with Crippen LogP contribution < -0.4 is 4.74 Å². The first-order valence-corrected chi connectivity index (χ1v) is 7.27. The van der Waals surface area contributed by atoms with Crippen molar-refractivity contribution < 1.29 is 14.3 Å². The molecule has 0 bridgehead atoms. The molecule has 0 unspecified atom stereocenters. The SMILES string of the molecule is CCN(C)C(=O)Oc1ccc2c(c1)CO[C@@H](C)[C@H]2N(C)C. The number of rotatable bonds is 3.